The molecule has 1 aliphatic rings. The Balaban J connectivity index is 2.15. The molecule has 110 valence electrons. The summed E-state index contributed by atoms with van der Waals surface area (Å²) < 4.78 is 14.5. The number of hydrogen-bond donors (Lipinski definition) is 2. The largest absolute Gasteiger partial charge is 0.323 e. The van der Waals surface area contributed by atoms with Gasteiger partial charge in [0.2, 0.25) is 5.91 Å². The summed E-state index contributed by atoms with van der Waals surface area (Å²) in [5.74, 6) is -0.490. The van der Waals surface area contributed by atoms with Crippen LogP contribution in [0.1, 0.15) is 32.6 Å². The van der Waals surface area contributed by atoms with Gasteiger partial charge in [0, 0.05) is 11.0 Å². The van der Waals surface area contributed by atoms with Gasteiger partial charge in [0.1, 0.15) is 5.82 Å². The first-order valence-electron chi connectivity index (χ1n) is 7.04. The Kier molecular flexibility index (Phi) is 5.16. The lowest BCUT2D eigenvalue weighted by Gasteiger charge is -2.36. The molecule has 0 aromatic heterocycles. The lowest BCUT2D eigenvalue weighted by Crippen LogP contribution is -2.48. The van der Waals surface area contributed by atoms with E-state index in [4.69, 9.17) is 0 Å². The number of hydrogen-bond acceptors (Lipinski definition) is 2. The van der Waals surface area contributed by atoms with Crippen LogP contribution >= 0.6 is 15.9 Å². The molecule has 1 saturated heterocycles. The van der Waals surface area contributed by atoms with Gasteiger partial charge in [0.25, 0.3) is 0 Å². The Bertz CT molecular complexity index is 481. The number of halogens is 2. The number of nitrogens with one attached hydrogen (secondary N) is 2. The third-order valence-electron chi connectivity index (χ3n) is 3.86. The summed E-state index contributed by atoms with van der Waals surface area (Å²) in [4.78, 5) is 12.6. The zero-order chi connectivity index (χ0) is 14.6. The molecule has 0 aliphatic carbocycles. The minimum absolute atomic E-state index is 0.0761. The van der Waals surface area contributed by atoms with Crippen molar-refractivity contribution in [2.24, 2.45) is 5.41 Å². The second kappa shape index (κ2) is 6.68. The van der Waals surface area contributed by atoms with Crippen LogP contribution in [-0.2, 0) is 4.79 Å². The van der Waals surface area contributed by atoms with Crippen molar-refractivity contribution in [1.29, 1.82) is 0 Å². The van der Waals surface area contributed by atoms with Crippen LogP contribution in [0.4, 0.5) is 10.1 Å². The molecule has 0 spiro atoms. The summed E-state index contributed by atoms with van der Waals surface area (Å²) in [7, 11) is 0. The molecule has 1 fully saturated rings. The van der Waals surface area contributed by atoms with E-state index in [1.54, 1.807) is 12.1 Å². The highest BCUT2D eigenvalue weighted by atomic mass is 79.9. The molecule has 3 nitrogen and oxygen atoms in total. The number of carbonyl (C=O) groups excluding carboxylic acids is 1. The molecule has 1 amide bonds. The SMILES string of the molecule is CCCC1(C(=O)Nc2ccc(Br)cc2F)CCCNC1. The molecule has 2 rings (SSSR count). The van der Waals surface area contributed by atoms with E-state index in [1.165, 1.54) is 6.07 Å². The van der Waals surface area contributed by atoms with Crippen molar-refractivity contribution in [3.63, 3.8) is 0 Å². The summed E-state index contributed by atoms with van der Waals surface area (Å²) in [6, 6.07) is 4.68. The lowest BCUT2D eigenvalue weighted by atomic mass is 9.76. The highest BCUT2D eigenvalue weighted by Gasteiger charge is 2.38. The minimum Gasteiger partial charge on any atom is -0.323 e. The zero-order valence-electron chi connectivity index (χ0n) is 11.6. The van der Waals surface area contributed by atoms with Gasteiger partial charge in [-0.05, 0) is 44.0 Å². The Morgan fingerprint density at radius 3 is 2.95 bits per heavy atom. The predicted octanol–water partition coefficient (Wildman–Crippen LogP) is 3.70. The number of carbonyl (C=O) groups is 1. The van der Waals surface area contributed by atoms with Crippen LogP contribution in [0.3, 0.4) is 0 Å². The van der Waals surface area contributed by atoms with Crippen LogP contribution in [0.5, 0.6) is 0 Å². The molecule has 1 aromatic carbocycles. The van der Waals surface area contributed by atoms with Gasteiger partial charge in [-0.2, -0.15) is 0 Å². The maximum Gasteiger partial charge on any atom is 0.231 e. The molecule has 1 atom stereocenters. The smallest absolute Gasteiger partial charge is 0.231 e. The molecule has 1 unspecified atom stereocenters. The number of piperidine rings is 1. The van der Waals surface area contributed by atoms with E-state index < -0.39 is 11.2 Å². The monoisotopic (exact) mass is 342 g/mol. The van der Waals surface area contributed by atoms with Crippen molar-refractivity contribution in [3.05, 3.63) is 28.5 Å². The first-order valence-corrected chi connectivity index (χ1v) is 7.84. The maximum absolute atomic E-state index is 13.8. The van der Waals surface area contributed by atoms with Gasteiger partial charge >= 0.3 is 0 Å². The van der Waals surface area contributed by atoms with E-state index in [-0.39, 0.29) is 11.6 Å². The highest BCUT2D eigenvalue weighted by molar-refractivity contribution is 9.10. The van der Waals surface area contributed by atoms with E-state index in [0.717, 1.165) is 32.2 Å². The Labute approximate surface area is 127 Å². The van der Waals surface area contributed by atoms with Crippen molar-refractivity contribution >= 4 is 27.5 Å². The Morgan fingerprint density at radius 2 is 2.35 bits per heavy atom. The summed E-state index contributed by atoms with van der Waals surface area (Å²) in [5, 5.41) is 6.05. The van der Waals surface area contributed by atoms with Crippen molar-refractivity contribution in [3.8, 4) is 0 Å². The molecule has 0 bridgehead atoms. The fraction of sp³-hybridized carbons (Fsp3) is 0.533. The number of anilines is 1. The summed E-state index contributed by atoms with van der Waals surface area (Å²) in [6.07, 6.45) is 3.61. The fourth-order valence-electron chi connectivity index (χ4n) is 2.81. The molecular formula is C15H20BrFN2O. The summed E-state index contributed by atoms with van der Waals surface area (Å²) in [5.41, 5.74) is -0.161. The quantitative estimate of drug-likeness (QED) is 0.875. The highest BCUT2D eigenvalue weighted by Crippen LogP contribution is 2.33. The first-order chi connectivity index (χ1) is 9.57. The van der Waals surface area contributed by atoms with Gasteiger partial charge in [0.05, 0.1) is 11.1 Å². The van der Waals surface area contributed by atoms with E-state index in [2.05, 4.69) is 33.5 Å². The molecule has 2 N–H and O–H groups in total. The molecular weight excluding hydrogens is 323 g/mol. The molecule has 5 heteroatoms. The van der Waals surface area contributed by atoms with E-state index in [9.17, 15) is 9.18 Å². The van der Waals surface area contributed by atoms with Gasteiger partial charge < -0.3 is 10.6 Å². The number of benzene rings is 1. The van der Waals surface area contributed by atoms with Gasteiger partial charge in [0.15, 0.2) is 0 Å². The van der Waals surface area contributed by atoms with Crippen LogP contribution in [-0.4, -0.2) is 19.0 Å². The van der Waals surface area contributed by atoms with E-state index in [0.29, 0.717) is 11.0 Å². The van der Waals surface area contributed by atoms with Gasteiger partial charge in [-0.25, -0.2) is 4.39 Å². The second-order valence-electron chi connectivity index (χ2n) is 5.39. The van der Waals surface area contributed by atoms with Crippen LogP contribution in [0, 0.1) is 11.2 Å². The minimum atomic E-state index is -0.414. The third-order valence-corrected chi connectivity index (χ3v) is 4.36. The van der Waals surface area contributed by atoms with Crippen molar-refractivity contribution in [2.75, 3.05) is 18.4 Å². The fourth-order valence-corrected chi connectivity index (χ4v) is 3.15. The molecule has 0 radical (unpaired) electrons. The predicted molar refractivity (Wildman–Crippen MR) is 82.2 cm³/mol. The first kappa shape index (κ1) is 15.4. The second-order valence-corrected chi connectivity index (χ2v) is 6.30. The summed E-state index contributed by atoms with van der Waals surface area (Å²) >= 11 is 3.21. The van der Waals surface area contributed by atoms with Gasteiger partial charge in [-0.15, -0.1) is 0 Å². The van der Waals surface area contributed by atoms with Crippen LogP contribution in [0.15, 0.2) is 22.7 Å². The zero-order valence-corrected chi connectivity index (χ0v) is 13.2. The number of amides is 1. The topological polar surface area (TPSA) is 41.1 Å². The average molecular weight is 343 g/mol. The summed E-state index contributed by atoms with van der Waals surface area (Å²) in [6.45, 7) is 3.69. The molecule has 0 saturated carbocycles. The normalized spacial score (nSPS) is 22.6. The molecule has 20 heavy (non-hydrogen) atoms. The van der Waals surface area contributed by atoms with Crippen LogP contribution < -0.4 is 10.6 Å². The van der Waals surface area contributed by atoms with Gasteiger partial charge in [-0.3, -0.25) is 4.79 Å². The van der Waals surface area contributed by atoms with Crippen LogP contribution in [0.2, 0.25) is 0 Å². The van der Waals surface area contributed by atoms with E-state index in [1.807, 2.05) is 0 Å². The standard InChI is InChI=1S/C15H20BrFN2O/c1-2-6-15(7-3-8-18-10-15)14(20)19-13-5-4-11(16)9-12(13)17/h4-5,9,18H,2-3,6-8,10H2,1H3,(H,19,20). The van der Waals surface area contributed by atoms with Crippen LogP contribution in [0.25, 0.3) is 0 Å². The number of rotatable bonds is 4. The Morgan fingerprint density at radius 1 is 1.55 bits per heavy atom. The lowest BCUT2D eigenvalue weighted by molar-refractivity contribution is -0.127. The Hall–Kier alpha value is -0.940. The van der Waals surface area contributed by atoms with Crippen molar-refractivity contribution in [1.82, 2.24) is 5.32 Å². The third kappa shape index (κ3) is 3.38. The maximum atomic E-state index is 13.8. The van der Waals surface area contributed by atoms with E-state index >= 15 is 0 Å². The molecule has 1 heterocycles. The molecule has 1 aromatic rings. The van der Waals surface area contributed by atoms with Crippen molar-refractivity contribution < 1.29 is 9.18 Å². The van der Waals surface area contributed by atoms with Gasteiger partial charge in [-0.1, -0.05) is 29.3 Å². The van der Waals surface area contributed by atoms with Crippen molar-refractivity contribution in [2.45, 2.75) is 32.6 Å². The molecule has 1 aliphatic heterocycles. The average Bonchev–Trinajstić information content (AvgIpc) is 2.43.